The Hall–Kier alpha value is -3.38. The fourth-order valence-corrected chi connectivity index (χ4v) is 3.65. The molecule has 0 spiro atoms. The molecule has 11 nitrogen and oxygen atoms in total. The number of nitrogens with zero attached hydrogens (tertiary/aromatic N) is 5. The molecule has 2 heterocycles. The molecule has 3 aromatic rings. The van der Waals surface area contributed by atoms with E-state index in [1.165, 1.54) is 18.9 Å². The molecule has 1 N–H and O–H groups in total. The van der Waals surface area contributed by atoms with Crippen molar-refractivity contribution in [3.8, 4) is 17.3 Å². The number of rotatable bonds is 10. The first-order valence-electron chi connectivity index (χ1n) is 9.58. The quantitative estimate of drug-likeness (QED) is 0.357. The Morgan fingerprint density at radius 3 is 2.53 bits per heavy atom. The maximum atomic E-state index is 12.4. The number of carbonyl (C=O) groups excluding carboxylic acids is 2. The van der Waals surface area contributed by atoms with Gasteiger partial charge in [0.1, 0.15) is 5.56 Å². The SMILES string of the molecule is COCCn1c(SCC(=O)Nc2ccc(C(=O)OC)cc2)nnc1-c1cn(C)nc1OC. The number of nitrogens with one attached hydrogen (secondary N) is 1. The van der Waals surface area contributed by atoms with Gasteiger partial charge < -0.3 is 19.5 Å². The lowest BCUT2D eigenvalue weighted by Gasteiger charge is -2.10. The minimum atomic E-state index is -0.435. The van der Waals surface area contributed by atoms with Gasteiger partial charge in [-0.05, 0) is 24.3 Å². The molecule has 2 aromatic heterocycles. The van der Waals surface area contributed by atoms with E-state index in [9.17, 15) is 9.59 Å². The molecule has 0 unspecified atom stereocenters. The fourth-order valence-electron chi connectivity index (χ4n) is 2.89. The second-order valence-corrected chi connectivity index (χ2v) is 7.52. The van der Waals surface area contributed by atoms with Gasteiger partial charge >= 0.3 is 5.97 Å². The van der Waals surface area contributed by atoms with Gasteiger partial charge in [0.2, 0.25) is 11.8 Å². The minimum absolute atomic E-state index is 0.119. The molecule has 0 aliphatic rings. The van der Waals surface area contributed by atoms with Crippen LogP contribution in [0.5, 0.6) is 5.88 Å². The average molecular weight is 461 g/mol. The number of carbonyl (C=O) groups is 2. The van der Waals surface area contributed by atoms with Crippen LogP contribution < -0.4 is 10.1 Å². The van der Waals surface area contributed by atoms with Crippen LogP contribution in [0.15, 0.2) is 35.6 Å². The first kappa shape index (κ1) is 23.3. The molecular formula is C20H24N6O5S. The van der Waals surface area contributed by atoms with Crippen molar-refractivity contribution in [2.75, 3.05) is 39.0 Å². The number of thioether (sulfide) groups is 1. The number of hydrogen-bond acceptors (Lipinski definition) is 9. The van der Waals surface area contributed by atoms with Crippen LogP contribution in [0.4, 0.5) is 5.69 Å². The average Bonchev–Trinajstić information content (AvgIpc) is 3.38. The molecule has 0 aliphatic carbocycles. The molecule has 170 valence electrons. The van der Waals surface area contributed by atoms with E-state index in [1.807, 2.05) is 4.57 Å². The molecule has 3 rings (SSSR count). The van der Waals surface area contributed by atoms with Crippen LogP contribution in [0.1, 0.15) is 10.4 Å². The highest BCUT2D eigenvalue weighted by Gasteiger charge is 2.21. The number of methoxy groups -OCH3 is 3. The van der Waals surface area contributed by atoms with E-state index in [1.54, 1.807) is 56.4 Å². The van der Waals surface area contributed by atoms with Crippen molar-refractivity contribution < 1.29 is 23.8 Å². The number of aromatic nitrogens is 5. The highest BCUT2D eigenvalue weighted by molar-refractivity contribution is 7.99. The second kappa shape index (κ2) is 10.8. The number of amides is 1. The van der Waals surface area contributed by atoms with Gasteiger partial charge in [0, 0.05) is 26.0 Å². The van der Waals surface area contributed by atoms with E-state index in [0.29, 0.717) is 46.8 Å². The Morgan fingerprint density at radius 1 is 1.12 bits per heavy atom. The van der Waals surface area contributed by atoms with E-state index in [4.69, 9.17) is 9.47 Å². The summed E-state index contributed by atoms with van der Waals surface area (Å²) in [5, 5.41) is 16.2. The van der Waals surface area contributed by atoms with Crippen molar-refractivity contribution in [2.45, 2.75) is 11.7 Å². The molecule has 1 amide bonds. The summed E-state index contributed by atoms with van der Waals surface area (Å²) in [4.78, 5) is 23.9. The maximum absolute atomic E-state index is 12.4. The topological polar surface area (TPSA) is 122 Å². The molecule has 0 aliphatic heterocycles. The molecule has 0 fully saturated rings. The second-order valence-electron chi connectivity index (χ2n) is 6.58. The Labute approximate surface area is 189 Å². The largest absolute Gasteiger partial charge is 0.479 e. The number of anilines is 1. The molecule has 0 saturated heterocycles. The third-order valence-corrected chi connectivity index (χ3v) is 5.35. The zero-order valence-electron chi connectivity index (χ0n) is 18.2. The lowest BCUT2D eigenvalue weighted by atomic mass is 10.2. The van der Waals surface area contributed by atoms with Gasteiger partial charge in [-0.25, -0.2) is 4.79 Å². The summed E-state index contributed by atoms with van der Waals surface area (Å²) < 4.78 is 18.7. The highest BCUT2D eigenvalue weighted by Crippen LogP contribution is 2.30. The molecule has 0 atom stereocenters. The van der Waals surface area contributed by atoms with Crippen LogP contribution in [0.2, 0.25) is 0 Å². The van der Waals surface area contributed by atoms with Gasteiger partial charge in [-0.1, -0.05) is 11.8 Å². The summed E-state index contributed by atoms with van der Waals surface area (Å²) >= 11 is 1.25. The molecule has 0 bridgehead atoms. The van der Waals surface area contributed by atoms with Crippen LogP contribution in [0.25, 0.3) is 11.4 Å². The van der Waals surface area contributed by atoms with Crippen molar-refractivity contribution >= 4 is 29.3 Å². The van der Waals surface area contributed by atoms with Crippen molar-refractivity contribution in [1.82, 2.24) is 24.5 Å². The lowest BCUT2D eigenvalue weighted by Crippen LogP contribution is -2.15. The van der Waals surface area contributed by atoms with Crippen LogP contribution in [-0.2, 0) is 27.9 Å². The summed E-state index contributed by atoms with van der Waals surface area (Å²) in [6, 6.07) is 6.46. The van der Waals surface area contributed by atoms with E-state index in [0.717, 1.165) is 0 Å². The zero-order valence-corrected chi connectivity index (χ0v) is 19.0. The van der Waals surface area contributed by atoms with Crippen LogP contribution in [-0.4, -0.2) is 70.1 Å². The fraction of sp³-hybridized carbons (Fsp3) is 0.350. The van der Waals surface area contributed by atoms with Crippen LogP contribution >= 0.6 is 11.8 Å². The Balaban J connectivity index is 1.70. The minimum Gasteiger partial charge on any atom is -0.479 e. The summed E-state index contributed by atoms with van der Waals surface area (Å²) in [6.07, 6.45) is 1.80. The smallest absolute Gasteiger partial charge is 0.337 e. The van der Waals surface area contributed by atoms with E-state index >= 15 is 0 Å². The number of aryl methyl sites for hydroxylation is 1. The van der Waals surface area contributed by atoms with Crippen molar-refractivity contribution in [1.29, 1.82) is 0 Å². The van der Waals surface area contributed by atoms with E-state index in [-0.39, 0.29) is 11.7 Å². The van der Waals surface area contributed by atoms with E-state index < -0.39 is 5.97 Å². The molecule has 0 saturated carbocycles. The van der Waals surface area contributed by atoms with Gasteiger partial charge in [-0.15, -0.1) is 15.3 Å². The summed E-state index contributed by atoms with van der Waals surface area (Å²) in [5.74, 6) is 0.475. The number of ether oxygens (including phenoxy) is 3. The van der Waals surface area contributed by atoms with Gasteiger partial charge in [0.15, 0.2) is 11.0 Å². The summed E-state index contributed by atoms with van der Waals surface area (Å²) in [5.41, 5.74) is 1.68. The van der Waals surface area contributed by atoms with Crippen molar-refractivity contribution in [3.63, 3.8) is 0 Å². The van der Waals surface area contributed by atoms with Gasteiger partial charge in [-0.3, -0.25) is 14.0 Å². The third-order valence-electron chi connectivity index (χ3n) is 4.39. The van der Waals surface area contributed by atoms with E-state index in [2.05, 4.69) is 25.3 Å². The third kappa shape index (κ3) is 5.45. The monoisotopic (exact) mass is 460 g/mol. The lowest BCUT2D eigenvalue weighted by molar-refractivity contribution is -0.113. The first-order valence-corrected chi connectivity index (χ1v) is 10.6. The highest BCUT2D eigenvalue weighted by atomic mass is 32.2. The number of hydrogen-bond donors (Lipinski definition) is 1. The first-order chi connectivity index (χ1) is 15.5. The van der Waals surface area contributed by atoms with Crippen molar-refractivity contribution in [3.05, 3.63) is 36.0 Å². The molecule has 1 aromatic carbocycles. The standard InChI is InChI=1S/C20H24N6O5S/c1-25-11-15(18(24-25)30-3)17-22-23-20(26(17)9-10-29-2)32-12-16(27)21-14-7-5-13(6-8-14)19(28)31-4/h5-8,11H,9-10,12H2,1-4H3,(H,21,27). The molecule has 12 heteroatoms. The summed E-state index contributed by atoms with van der Waals surface area (Å²) in [6.45, 7) is 0.940. The van der Waals surface area contributed by atoms with Gasteiger partial charge in [0.25, 0.3) is 0 Å². The number of esters is 1. The maximum Gasteiger partial charge on any atom is 0.337 e. The molecule has 32 heavy (non-hydrogen) atoms. The molecular weight excluding hydrogens is 436 g/mol. The van der Waals surface area contributed by atoms with Crippen LogP contribution in [0.3, 0.4) is 0 Å². The normalized spacial score (nSPS) is 10.8. The van der Waals surface area contributed by atoms with Crippen molar-refractivity contribution in [2.24, 2.45) is 7.05 Å². The molecule has 0 radical (unpaired) electrons. The summed E-state index contributed by atoms with van der Waals surface area (Å²) in [7, 11) is 6.26. The predicted octanol–water partition coefficient (Wildman–Crippen LogP) is 1.85. The number of benzene rings is 1. The zero-order chi connectivity index (χ0) is 23.1. The van der Waals surface area contributed by atoms with Crippen LogP contribution in [0, 0.1) is 0 Å². The Morgan fingerprint density at radius 2 is 1.88 bits per heavy atom. The predicted molar refractivity (Wildman–Crippen MR) is 118 cm³/mol. The Kier molecular flexibility index (Phi) is 7.84. The van der Waals surface area contributed by atoms with Gasteiger partial charge in [0.05, 0.1) is 38.7 Å². The van der Waals surface area contributed by atoms with Gasteiger partial charge in [-0.2, -0.15) is 0 Å². The Bertz CT molecular complexity index is 1080.